The molecule has 0 radical (unpaired) electrons. The van der Waals surface area contributed by atoms with Gasteiger partial charge >= 0.3 is 6.18 Å². The zero-order chi connectivity index (χ0) is 17.0. The van der Waals surface area contributed by atoms with Crippen molar-refractivity contribution >= 4 is 5.91 Å². The molecule has 1 aliphatic rings. The number of rotatable bonds is 3. The number of carbonyl (C=O) groups excluding carboxylic acids is 1. The zero-order valence-electron chi connectivity index (χ0n) is 13.1. The lowest BCUT2D eigenvalue weighted by Crippen LogP contribution is -2.41. The first-order chi connectivity index (χ1) is 10.8. The second-order valence-electron chi connectivity index (χ2n) is 5.78. The van der Waals surface area contributed by atoms with Crippen LogP contribution in [0.4, 0.5) is 13.2 Å². The normalized spacial score (nSPS) is 19.6. The number of benzene rings is 1. The summed E-state index contributed by atoms with van der Waals surface area (Å²) in [6.07, 6.45) is -4.78. The number of halogens is 3. The van der Waals surface area contributed by atoms with Gasteiger partial charge in [-0.05, 0) is 24.3 Å². The molecule has 128 valence electrons. The van der Waals surface area contributed by atoms with Crippen molar-refractivity contribution in [2.24, 2.45) is 5.92 Å². The minimum Gasteiger partial charge on any atom is -0.486 e. The number of amides is 1. The second kappa shape index (κ2) is 7.21. The zero-order valence-corrected chi connectivity index (χ0v) is 13.1. The Hall–Kier alpha value is -1.76. The molecular weight excluding hydrogens is 311 g/mol. The van der Waals surface area contributed by atoms with Crippen LogP contribution < -0.4 is 4.74 Å². The average Bonchev–Trinajstić information content (AvgIpc) is 2.71. The third kappa shape index (κ3) is 4.86. The van der Waals surface area contributed by atoms with Crippen LogP contribution in [0.3, 0.4) is 0 Å². The molecule has 0 unspecified atom stereocenters. The van der Waals surface area contributed by atoms with E-state index in [-0.39, 0.29) is 11.8 Å². The van der Waals surface area contributed by atoms with Gasteiger partial charge in [-0.1, -0.05) is 13.8 Å². The van der Waals surface area contributed by atoms with Crippen LogP contribution in [0.2, 0.25) is 0 Å². The van der Waals surface area contributed by atoms with Gasteiger partial charge in [0, 0.05) is 12.5 Å². The van der Waals surface area contributed by atoms with Crippen molar-refractivity contribution in [3.63, 3.8) is 0 Å². The fourth-order valence-electron chi connectivity index (χ4n) is 2.33. The van der Waals surface area contributed by atoms with E-state index in [4.69, 9.17) is 9.47 Å². The standard InChI is InChI=1S/C16H20F3NO3/c1-11(2)15(21)20-7-8-22-10-14(9-20)23-13-5-3-12(4-6-13)16(17,18)19/h3-6,11,14H,7-10H2,1-2H3/t14-/m1/s1. The number of hydrogen-bond acceptors (Lipinski definition) is 3. The van der Waals surface area contributed by atoms with Gasteiger partial charge in [0.1, 0.15) is 11.9 Å². The Kier molecular flexibility index (Phi) is 5.51. The van der Waals surface area contributed by atoms with E-state index in [0.717, 1.165) is 12.1 Å². The molecule has 2 rings (SSSR count). The van der Waals surface area contributed by atoms with Gasteiger partial charge in [-0.3, -0.25) is 4.79 Å². The molecule has 1 fully saturated rings. The highest BCUT2D eigenvalue weighted by molar-refractivity contribution is 5.78. The Morgan fingerprint density at radius 2 is 1.96 bits per heavy atom. The van der Waals surface area contributed by atoms with Gasteiger partial charge in [-0.15, -0.1) is 0 Å². The molecule has 1 atom stereocenters. The highest BCUT2D eigenvalue weighted by atomic mass is 19.4. The molecule has 1 aromatic rings. The lowest BCUT2D eigenvalue weighted by Gasteiger charge is -2.25. The molecule has 0 N–H and O–H groups in total. The van der Waals surface area contributed by atoms with Crippen LogP contribution in [0.15, 0.2) is 24.3 Å². The monoisotopic (exact) mass is 331 g/mol. The van der Waals surface area contributed by atoms with E-state index in [1.54, 1.807) is 4.90 Å². The summed E-state index contributed by atoms with van der Waals surface area (Å²) >= 11 is 0. The van der Waals surface area contributed by atoms with E-state index in [2.05, 4.69) is 0 Å². The fourth-order valence-corrected chi connectivity index (χ4v) is 2.33. The first kappa shape index (κ1) is 17.6. The number of carbonyl (C=O) groups is 1. The van der Waals surface area contributed by atoms with E-state index in [1.807, 2.05) is 13.8 Å². The molecule has 0 spiro atoms. The maximum Gasteiger partial charge on any atom is 0.416 e. The molecule has 0 aliphatic carbocycles. The number of alkyl halides is 3. The minimum absolute atomic E-state index is 0.0107. The maximum absolute atomic E-state index is 12.5. The largest absolute Gasteiger partial charge is 0.486 e. The highest BCUT2D eigenvalue weighted by Gasteiger charge is 2.30. The summed E-state index contributed by atoms with van der Waals surface area (Å²) in [7, 11) is 0. The van der Waals surface area contributed by atoms with Crippen molar-refractivity contribution in [3.8, 4) is 5.75 Å². The van der Waals surface area contributed by atoms with Crippen LogP contribution in [0.1, 0.15) is 19.4 Å². The molecule has 7 heteroatoms. The topological polar surface area (TPSA) is 38.8 Å². The van der Waals surface area contributed by atoms with Crippen LogP contribution >= 0.6 is 0 Å². The van der Waals surface area contributed by atoms with Gasteiger partial charge in [0.2, 0.25) is 5.91 Å². The molecule has 0 saturated carbocycles. The predicted octanol–water partition coefficient (Wildman–Crippen LogP) is 2.97. The van der Waals surface area contributed by atoms with Gasteiger partial charge in [-0.25, -0.2) is 0 Å². The SMILES string of the molecule is CC(C)C(=O)N1CCOC[C@H](Oc2ccc(C(F)(F)F)cc2)C1. The smallest absolute Gasteiger partial charge is 0.416 e. The lowest BCUT2D eigenvalue weighted by molar-refractivity contribution is -0.137. The number of ether oxygens (including phenoxy) is 2. The molecule has 0 aromatic heterocycles. The number of hydrogen-bond donors (Lipinski definition) is 0. The summed E-state index contributed by atoms with van der Waals surface area (Å²) in [5.74, 6) is 0.210. The Morgan fingerprint density at radius 1 is 1.30 bits per heavy atom. The van der Waals surface area contributed by atoms with E-state index in [9.17, 15) is 18.0 Å². The molecule has 1 heterocycles. The Bertz CT molecular complexity index is 528. The van der Waals surface area contributed by atoms with Crippen molar-refractivity contribution in [2.45, 2.75) is 26.1 Å². The van der Waals surface area contributed by atoms with Gasteiger partial charge in [0.15, 0.2) is 0 Å². The van der Waals surface area contributed by atoms with Crippen molar-refractivity contribution in [2.75, 3.05) is 26.3 Å². The summed E-state index contributed by atoms with van der Waals surface area (Å²) in [4.78, 5) is 13.8. The Balaban J connectivity index is 2.02. The van der Waals surface area contributed by atoms with Gasteiger partial charge in [0.25, 0.3) is 0 Å². The minimum atomic E-state index is -4.37. The molecule has 4 nitrogen and oxygen atoms in total. The third-order valence-corrected chi connectivity index (χ3v) is 3.52. The van der Waals surface area contributed by atoms with Crippen LogP contribution in [-0.4, -0.2) is 43.2 Å². The van der Waals surface area contributed by atoms with Gasteiger partial charge < -0.3 is 14.4 Å². The highest BCUT2D eigenvalue weighted by Crippen LogP contribution is 2.30. The molecule has 1 aromatic carbocycles. The van der Waals surface area contributed by atoms with Crippen molar-refractivity contribution in [3.05, 3.63) is 29.8 Å². The molecule has 1 amide bonds. The summed E-state index contributed by atoms with van der Waals surface area (Å²) in [5, 5.41) is 0. The van der Waals surface area contributed by atoms with Crippen LogP contribution in [-0.2, 0) is 15.7 Å². The quantitative estimate of drug-likeness (QED) is 0.855. The van der Waals surface area contributed by atoms with Crippen molar-refractivity contribution < 1.29 is 27.4 Å². The summed E-state index contributed by atoms with van der Waals surface area (Å²) in [6, 6.07) is 4.51. The molecule has 1 aliphatic heterocycles. The van der Waals surface area contributed by atoms with E-state index < -0.39 is 17.8 Å². The first-order valence-corrected chi connectivity index (χ1v) is 7.48. The fraction of sp³-hybridized carbons (Fsp3) is 0.562. The maximum atomic E-state index is 12.5. The first-order valence-electron chi connectivity index (χ1n) is 7.48. The van der Waals surface area contributed by atoms with Gasteiger partial charge in [-0.2, -0.15) is 13.2 Å². The summed E-state index contributed by atoms with van der Waals surface area (Å²) in [5.41, 5.74) is -0.724. The van der Waals surface area contributed by atoms with E-state index in [1.165, 1.54) is 12.1 Å². The molecule has 0 bridgehead atoms. The average molecular weight is 331 g/mol. The lowest BCUT2D eigenvalue weighted by atomic mass is 10.2. The summed E-state index contributed by atoms with van der Waals surface area (Å²) < 4.78 is 48.7. The van der Waals surface area contributed by atoms with Crippen molar-refractivity contribution in [1.29, 1.82) is 0 Å². The van der Waals surface area contributed by atoms with E-state index in [0.29, 0.717) is 32.1 Å². The Labute approximate surface area is 133 Å². The predicted molar refractivity (Wildman–Crippen MR) is 78.1 cm³/mol. The van der Waals surface area contributed by atoms with E-state index >= 15 is 0 Å². The summed E-state index contributed by atoms with van der Waals surface area (Å²) in [6.45, 7) is 5.20. The van der Waals surface area contributed by atoms with Crippen LogP contribution in [0.25, 0.3) is 0 Å². The van der Waals surface area contributed by atoms with Gasteiger partial charge in [0.05, 0.1) is 25.3 Å². The van der Waals surface area contributed by atoms with Crippen molar-refractivity contribution in [1.82, 2.24) is 4.90 Å². The van der Waals surface area contributed by atoms with Crippen LogP contribution in [0, 0.1) is 5.92 Å². The molecule has 23 heavy (non-hydrogen) atoms. The molecular formula is C16H20F3NO3. The third-order valence-electron chi connectivity index (χ3n) is 3.52. The number of nitrogens with zero attached hydrogens (tertiary/aromatic N) is 1. The second-order valence-corrected chi connectivity index (χ2v) is 5.78. The molecule has 1 saturated heterocycles. The Morgan fingerprint density at radius 3 is 2.52 bits per heavy atom. The van der Waals surface area contributed by atoms with Crippen LogP contribution in [0.5, 0.6) is 5.75 Å².